The molecule has 1 heterocycles. The van der Waals surface area contributed by atoms with E-state index >= 15 is 0 Å². The molecule has 0 aliphatic carbocycles. The van der Waals surface area contributed by atoms with Gasteiger partial charge in [-0.1, -0.05) is 12.1 Å². The van der Waals surface area contributed by atoms with Crippen LogP contribution in [-0.4, -0.2) is 4.98 Å². The fraction of sp³-hybridized carbons (Fsp3) is 0.0769. The fourth-order valence-electron chi connectivity index (χ4n) is 1.68. The molecule has 0 saturated carbocycles. The first-order valence-electron chi connectivity index (χ1n) is 5.36. The van der Waals surface area contributed by atoms with Crippen molar-refractivity contribution in [2.75, 3.05) is 5.73 Å². The predicted octanol–water partition coefficient (Wildman–Crippen LogP) is 3.36. The Morgan fingerprint density at radius 1 is 1.15 bits per heavy atom. The fourth-order valence-corrected chi connectivity index (χ4v) is 1.68. The number of pyridine rings is 1. The number of hydrogen-bond donors (Lipinski definition) is 1. The third-order valence-electron chi connectivity index (χ3n) is 2.60. The van der Waals surface area contributed by atoms with Crippen LogP contribution in [-0.2, 0) is 6.18 Å². The van der Waals surface area contributed by atoms with E-state index in [2.05, 4.69) is 4.98 Å². The van der Waals surface area contributed by atoms with E-state index in [1.54, 1.807) is 6.07 Å². The van der Waals surface area contributed by atoms with Crippen LogP contribution in [0.25, 0.3) is 11.1 Å². The van der Waals surface area contributed by atoms with E-state index in [0.29, 0.717) is 0 Å². The number of nitriles is 1. The maximum Gasteiger partial charge on any atom is 0.433 e. The van der Waals surface area contributed by atoms with Gasteiger partial charge in [-0.05, 0) is 23.8 Å². The lowest BCUT2D eigenvalue weighted by Crippen LogP contribution is -2.11. The molecule has 0 fully saturated rings. The maximum atomic E-state index is 12.9. The van der Waals surface area contributed by atoms with Gasteiger partial charge in [0, 0.05) is 5.56 Å². The highest BCUT2D eigenvalue weighted by Crippen LogP contribution is 2.34. The van der Waals surface area contributed by atoms with Gasteiger partial charge in [-0.15, -0.1) is 0 Å². The van der Waals surface area contributed by atoms with Crippen LogP contribution < -0.4 is 5.73 Å². The highest BCUT2D eigenvalue weighted by Gasteiger charge is 2.34. The second-order valence-electron chi connectivity index (χ2n) is 3.93. The lowest BCUT2D eigenvalue weighted by Gasteiger charge is -2.11. The molecule has 0 spiro atoms. The zero-order valence-corrected chi connectivity index (χ0v) is 9.87. The van der Waals surface area contributed by atoms with Crippen LogP contribution >= 0.6 is 0 Å². The molecule has 20 heavy (non-hydrogen) atoms. The van der Waals surface area contributed by atoms with Gasteiger partial charge < -0.3 is 5.73 Å². The Hall–Kier alpha value is -2.62. The third kappa shape index (κ3) is 2.54. The van der Waals surface area contributed by atoms with Crippen LogP contribution in [0.2, 0.25) is 0 Å². The van der Waals surface area contributed by atoms with E-state index in [0.717, 1.165) is 18.2 Å². The molecule has 0 amide bonds. The standard InChI is InChI=1S/C13H7F4N3/c14-8-3-1-7(2-4-8)9-5-11(13(15,16)17)20-12(19)10(9)6-18/h1-5H,(H2,19,20). The molecule has 102 valence electrons. The number of benzene rings is 1. The van der Waals surface area contributed by atoms with E-state index < -0.39 is 23.5 Å². The molecule has 2 rings (SSSR count). The number of aromatic nitrogens is 1. The number of nitrogen functional groups attached to an aromatic ring is 1. The van der Waals surface area contributed by atoms with Crippen molar-refractivity contribution in [2.45, 2.75) is 6.18 Å². The summed E-state index contributed by atoms with van der Waals surface area (Å²) in [7, 11) is 0. The zero-order chi connectivity index (χ0) is 14.9. The molecule has 0 aliphatic rings. The summed E-state index contributed by atoms with van der Waals surface area (Å²) in [6.45, 7) is 0. The first-order valence-corrected chi connectivity index (χ1v) is 5.36. The van der Waals surface area contributed by atoms with Crippen LogP contribution in [0.15, 0.2) is 30.3 Å². The molecule has 7 heteroatoms. The molecular weight excluding hydrogens is 274 g/mol. The van der Waals surface area contributed by atoms with E-state index in [9.17, 15) is 17.6 Å². The van der Waals surface area contributed by atoms with Gasteiger partial charge >= 0.3 is 6.18 Å². The number of hydrogen-bond acceptors (Lipinski definition) is 3. The Morgan fingerprint density at radius 2 is 1.75 bits per heavy atom. The minimum atomic E-state index is -4.68. The maximum absolute atomic E-state index is 12.9. The first-order chi connectivity index (χ1) is 9.32. The summed E-state index contributed by atoms with van der Waals surface area (Å²) in [6, 6.07) is 7.14. The molecule has 1 aromatic heterocycles. The van der Waals surface area contributed by atoms with E-state index in [1.165, 1.54) is 12.1 Å². The second-order valence-corrected chi connectivity index (χ2v) is 3.93. The van der Waals surface area contributed by atoms with E-state index in [1.807, 2.05) is 0 Å². The predicted molar refractivity (Wildman–Crippen MR) is 63.8 cm³/mol. The summed E-state index contributed by atoms with van der Waals surface area (Å²) < 4.78 is 51.0. The minimum absolute atomic E-state index is 0.0349. The molecule has 0 radical (unpaired) electrons. The van der Waals surface area contributed by atoms with Gasteiger partial charge in [-0.3, -0.25) is 0 Å². The van der Waals surface area contributed by atoms with Crippen molar-refractivity contribution in [3.05, 3.63) is 47.4 Å². The summed E-state index contributed by atoms with van der Waals surface area (Å²) >= 11 is 0. The summed E-state index contributed by atoms with van der Waals surface area (Å²) in [5, 5.41) is 8.98. The summed E-state index contributed by atoms with van der Waals surface area (Å²) in [4.78, 5) is 3.18. The molecule has 2 aromatic rings. The van der Waals surface area contributed by atoms with E-state index in [4.69, 9.17) is 11.0 Å². The molecule has 0 atom stereocenters. The lowest BCUT2D eigenvalue weighted by atomic mass is 10.00. The van der Waals surface area contributed by atoms with Crippen molar-refractivity contribution in [1.82, 2.24) is 4.98 Å². The molecule has 3 nitrogen and oxygen atoms in total. The summed E-state index contributed by atoms with van der Waals surface area (Å²) in [5.41, 5.74) is 4.23. The Bertz CT molecular complexity index is 684. The molecule has 1 aromatic carbocycles. The highest BCUT2D eigenvalue weighted by atomic mass is 19.4. The Labute approximate surface area is 111 Å². The van der Waals surface area contributed by atoms with Crippen molar-refractivity contribution in [2.24, 2.45) is 0 Å². The van der Waals surface area contributed by atoms with Crippen molar-refractivity contribution in [3.8, 4) is 17.2 Å². The van der Waals surface area contributed by atoms with Crippen LogP contribution in [0, 0.1) is 17.1 Å². The average Bonchev–Trinajstić information content (AvgIpc) is 2.37. The SMILES string of the molecule is N#Cc1c(-c2ccc(F)cc2)cc(C(F)(F)F)nc1N. The number of nitrogens with zero attached hydrogens (tertiary/aromatic N) is 2. The second kappa shape index (κ2) is 4.81. The monoisotopic (exact) mass is 281 g/mol. The number of halogens is 4. The lowest BCUT2D eigenvalue weighted by molar-refractivity contribution is -0.141. The molecule has 0 unspecified atom stereocenters. The molecule has 0 aliphatic heterocycles. The largest absolute Gasteiger partial charge is 0.433 e. The van der Waals surface area contributed by atoms with Crippen molar-refractivity contribution in [3.63, 3.8) is 0 Å². The van der Waals surface area contributed by atoms with Gasteiger partial charge in [-0.25, -0.2) is 9.37 Å². The first kappa shape index (κ1) is 13.8. The molecule has 0 bridgehead atoms. The van der Waals surface area contributed by atoms with Gasteiger partial charge in [0.1, 0.15) is 29.0 Å². The van der Waals surface area contributed by atoms with Crippen molar-refractivity contribution >= 4 is 5.82 Å². The van der Waals surface area contributed by atoms with E-state index in [-0.39, 0.29) is 16.7 Å². The van der Waals surface area contributed by atoms with Gasteiger partial charge in [0.05, 0.1) is 0 Å². The quantitative estimate of drug-likeness (QED) is 0.815. The van der Waals surface area contributed by atoms with Crippen LogP contribution in [0.5, 0.6) is 0 Å². The van der Waals surface area contributed by atoms with Crippen molar-refractivity contribution < 1.29 is 17.6 Å². The molecule has 0 saturated heterocycles. The minimum Gasteiger partial charge on any atom is -0.383 e. The summed E-state index contributed by atoms with van der Waals surface area (Å²) in [5.74, 6) is -1.05. The Morgan fingerprint density at radius 3 is 2.25 bits per heavy atom. The third-order valence-corrected chi connectivity index (χ3v) is 2.60. The van der Waals surface area contributed by atoms with Gasteiger partial charge in [0.15, 0.2) is 0 Å². The van der Waals surface area contributed by atoms with Crippen LogP contribution in [0.1, 0.15) is 11.3 Å². The highest BCUT2D eigenvalue weighted by molar-refractivity contribution is 5.75. The zero-order valence-electron chi connectivity index (χ0n) is 9.87. The van der Waals surface area contributed by atoms with Gasteiger partial charge in [-0.2, -0.15) is 18.4 Å². The average molecular weight is 281 g/mol. The van der Waals surface area contributed by atoms with Crippen LogP contribution in [0.4, 0.5) is 23.4 Å². The number of rotatable bonds is 1. The van der Waals surface area contributed by atoms with Crippen molar-refractivity contribution in [1.29, 1.82) is 5.26 Å². The molecule has 2 N–H and O–H groups in total. The van der Waals surface area contributed by atoms with Crippen LogP contribution in [0.3, 0.4) is 0 Å². The Kier molecular flexibility index (Phi) is 3.32. The smallest absolute Gasteiger partial charge is 0.383 e. The number of alkyl halides is 3. The summed E-state index contributed by atoms with van der Waals surface area (Å²) in [6.07, 6.45) is -4.68. The topological polar surface area (TPSA) is 62.7 Å². The number of anilines is 1. The Balaban J connectivity index is 2.70. The van der Waals surface area contributed by atoms with Gasteiger partial charge in [0.2, 0.25) is 0 Å². The normalized spacial score (nSPS) is 11.2. The number of nitrogens with two attached hydrogens (primary N) is 1. The molecular formula is C13H7F4N3. The van der Waals surface area contributed by atoms with Gasteiger partial charge in [0.25, 0.3) is 0 Å².